The van der Waals surface area contributed by atoms with Crippen molar-refractivity contribution in [1.82, 2.24) is 0 Å². The van der Waals surface area contributed by atoms with Gasteiger partial charge in [0.2, 0.25) is 0 Å². The van der Waals surface area contributed by atoms with Gasteiger partial charge in [-0.25, -0.2) is 0 Å². The van der Waals surface area contributed by atoms with Crippen molar-refractivity contribution < 1.29 is 19.1 Å². The Morgan fingerprint density at radius 1 is 1.11 bits per heavy atom. The molecule has 1 aromatic carbocycles. The summed E-state index contributed by atoms with van der Waals surface area (Å²) < 4.78 is 9.47. The van der Waals surface area contributed by atoms with E-state index in [0.29, 0.717) is 6.42 Å². The predicted octanol–water partition coefficient (Wildman–Crippen LogP) is 1.81. The number of hydrogen-bond acceptors (Lipinski definition) is 4. The van der Waals surface area contributed by atoms with Crippen molar-refractivity contribution in [3.8, 4) is 0 Å². The monoisotopic (exact) mass is 248 g/mol. The van der Waals surface area contributed by atoms with Crippen molar-refractivity contribution in [3.05, 3.63) is 35.4 Å². The van der Waals surface area contributed by atoms with E-state index in [1.807, 2.05) is 31.2 Å². The fourth-order valence-corrected chi connectivity index (χ4v) is 2.36. The van der Waals surface area contributed by atoms with E-state index in [1.165, 1.54) is 14.2 Å². The number of methoxy groups -OCH3 is 2. The molecule has 0 radical (unpaired) electrons. The van der Waals surface area contributed by atoms with E-state index in [-0.39, 0.29) is 5.92 Å². The summed E-state index contributed by atoms with van der Waals surface area (Å²) >= 11 is 0. The highest BCUT2D eigenvalue weighted by atomic mass is 16.5. The lowest BCUT2D eigenvalue weighted by Crippen LogP contribution is -2.30. The summed E-state index contributed by atoms with van der Waals surface area (Å²) in [5.74, 6) is -1.17. The molecule has 1 aliphatic carbocycles. The van der Waals surface area contributed by atoms with Gasteiger partial charge < -0.3 is 9.47 Å². The van der Waals surface area contributed by atoms with Crippen LogP contribution in [0.4, 0.5) is 0 Å². The third-order valence-electron chi connectivity index (χ3n) is 3.54. The Kier molecular flexibility index (Phi) is 3.11. The molecule has 1 aromatic rings. The van der Waals surface area contributed by atoms with Gasteiger partial charge >= 0.3 is 11.9 Å². The van der Waals surface area contributed by atoms with Gasteiger partial charge in [0.05, 0.1) is 14.2 Å². The van der Waals surface area contributed by atoms with Crippen LogP contribution in [0.3, 0.4) is 0 Å². The lowest BCUT2D eigenvalue weighted by molar-refractivity contribution is -0.161. The number of ether oxygens (including phenoxy) is 2. The Labute approximate surface area is 106 Å². The minimum absolute atomic E-state index is 0.141. The molecule has 0 unspecified atom stereocenters. The standard InChI is InChI=1S/C14H16O4/c1-9-4-6-10(7-5-9)11-8-14(11,12(15)17-2)13(16)18-3/h4-7,11H,8H2,1-3H3/t11-/m0/s1. The number of aryl methyl sites for hydroxylation is 1. The maximum absolute atomic E-state index is 11.8. The van der Waals surface area contributed by atoms with E-state index < -0.39 is 17.4 Å². The Morgan fingerprint density at radius 2 is 1.61 bits per heavy atom. The largest absolute Gasteiger partial charge is 0.468 e. The average Bonchev–Trinajstić information content (AvgIpc) is 3.14. The van der Waals surface area contributed by atoms with Crippen LogP contribution >= 0.6 is 0 Å². The molecule has 4 heteroatoms. The highest BCUT2D eigenvalue weighted by molar-refractivity contribution is 6.05. The number of hydrogen-bond donors (Lipinski definition) is 0. The van der Waals surface area contributed by atoms with Gasteiger partial charge in [0.1, 0.15) is 0 Å². The minimum Gasteiger partial charge on any atom is -0.468 e. The summed E-state index contributed by atoms with van der Waals surface area (Å²) in [6, 6.07) is 7.81. The molecular weight excluding hydrogens is 232 g/mol. The van der Waals surface area contributed by atoms with Gasteiger partial charge in [-0.1, -0.05) is 29.8 Å². The van der Waals surface area contributed by atoms with Gasteiger partial charge in [-0.3, -0.25) is 9.59 Å². The number of carbonyl (C=O) groups is 2. The second kappa shape index (κ2) is 4.44. The van der Waals surface area contributed by atoms with Gasteiger partial charge in [0, 0.05) is 5.92 Å². The summed E-state index contributed by atoms with van der Waals surface area (Å²) in [5, 5.41) is 0. The highest BCUT2D eigenvalue weighted by Crippen LogP contribution is 2.60. The number of carbonyl (C=O) groups excluding carboxylic acids is 2. The molecule has 0 amide bonds. The summed E-state index contributed by atoms with van der Waals surface area (Å²) in [6.45, 7) is 1.99. The third-order valence-corrected chi connectivity index (χ3v) is 3.54. The first-order valence-electron chi connectivity index (χ1n) is 5.79. The van der Waals surface area contributed by atoms with Crippen LogP contribution in [0.5, 0.6) is 0 Å². The van der Waals surface area contributed by atoms with Crippen LogP contribution < -0.4 is 0 Å². The quantitative estimate of drug-likeness (QED) is 0.604. The predicted molar refractivity (Wildman–Crippen MR) is 65.0 cm³/mol. The second-order valence-corrected chi connectivity index (χ2v) is 4.62. The highest BCUT2D eigenvalue weighted by Gasteiger charge is 2.68. The van der Waals surface area contributed by atoms with Gasteiger partial charge in [-0.15, -0.1) is 0 Å². The maximum Gasteiger partial charge on any atom is 0.323 e. The Hall–Kier alpha value is -1.84. The van der Waals surface area contributed by atoms with Crippen molar-refractivity contribution in [2.75, 3.05) is 14.2 Å². The van der Waals surface area contributed by atoms with Crippen LogP contribution in [0.15, 0.2) is 24.3 Å². The second-order valence-electron chi connectivity index (χ2n) is 4.62. The Balaban J connectivity index is 2.30. The first kappa shape index (κ1) is 12.6. The summed E-state index contributed by atoms with van der Waals surface area (Å²) in [4.78, 5) is 23.6. The van der Waals surface area contributed by atoms with E-state index in [2.05, 4.69) is 0 Å². The lowest BCUT2D eigenvalue weighted by Gasteiger charge is -2.12. The summed E-state index contributed by atoms with van der Waals surface area (Å²) in [5.41, 5.74) is 0.969. The molecule has 1 saturated carbocycles. The maximum atomic E-state index is 11.8. The molecule has 96 valence electrons. The zero-order valence-electron chi connectivity index (χ0n) is 10.7. The lowest BCUT2D eigenvalue weighted by atomic mass is 9.98. The number of benzene rings is 1. The average molecular weight is 248 g/mol. The molecule has 0 aromatic heterocycles. The molecule has 4 nitrogen and oxygen atoms in total. The van der Waals surface area contributed by atoms with Crippen LogP contribution in [0, 0.1) is 12.3 Å². The van der Waals surface area contributed by atoms with Gasteiger partial charge in [0.25, 0.3) is 0 Å². The van der Waals surface area contributed by atoms with Gasteiger partial charge in [0.15, 0.2) is 5.41 Å². The molecule has 0 N–H and O–H groups in total. The molecule has 0 bridgehead atoms. The van der Waals surface area contributed by atoms with E-state index >= 15 is 0 Å². The zero-order chi connectivity index (χ0) is 13.3. The molecule has 18 heavy (non-hydrogen) atoms. The van der Waals surface area contributed by atoms with Crippen molar-refractivity contribution in [2.24, 2.45) is 5.41 Å². The van der Waals surface area contributed by atoms with E-state index in [0.717, 1.165) is 11.1 Å². The molecule has 0 spiro atoms. The normalized spacial score (nSPS) is 20.1. The Bertz CT molecular complexity index is 459. The molecule has 1 atom stereocenters. The summed E-state index contributed by atoms with van der Waals surface area (Å²) in [7, 11) is 2.58. The van der Waals surface area contributed by atoms with Crippen molar-refractivity contribution in [2.45, 2.75) is 19.3 Å². The van der Waals surface area contributed by atoms with E-state index in [9.17, 15) is 9.59 Å². The Morgan fingerprint density at radius 3 is 2.06 bits per heavy atom. The van der Waals surface area contributed by atoms with E-state index in [1.54, 1.807) is 0 Å². The summed E-state index contributed by atoms with van der Waals surface area (Å²) in [6.07, 6.45) is 0.454. The third kappa shape index (κ3) is 1.78. The molecule has 2 rings (SSSR count). The minimum atomic E-state index is -1.14. The van der Waals surface area contributed by atoms with Crippen LogP contribution in [-0.2, 0) is 19.1 Å². The molecule has 0 aliphatic heterocycles. The van der Waals surface area contributed by atoms with Crippen LogP contribution in [0.2, 0.25) is 0 Å². The first-order chi connectivity index (χ1) is 8.56. The van der Waals surface area contributed by atoms with Crippen molar-refractivity contribution in [3.63, 3.8) is 0 Å². The van der Waals surface area contributed by atoms with Gasteiger partial charge in [-0.05, 0) is 18.9 Å². The molecule has 1 fully saturated rings. The molecular formula is C14H16O4. The van der Waals surface area contributed by atoms with Crippen LogP contribution in [-0.4, -0.2) is 26.2 Å². The fourth-order valence-electron chi connectivity index (χ4n) is 2.36. The van der Waals surface area contributed by atoms with Crippen LogP contribution in [0.25, 0.3) is 0 Å². The molecule has 0 heterocycles. The van der Waals surface area contributed by atoms with Crippen LogP contribution in [0.1, 0.15) is 23.5 Å². The number of esters is 2. The first-order valence-corrected chi connectivity index (χ1v) is 5.79. The SMILES string of the molecule is COC(=O)C1(C(=O)OC)C[C@H]1c1ccc(C)cc1. The molecule has 0 saturated heterocycles. The fraction of sp³-hybridized carbons (Fsp3) is 0.429. The van der Waals surface area contributed by atoms with Gasteiger partial charge in [-0.2, -0.15) is 0 Å². The smallest absolute Gasteiger partial charge is 0.323 e. The van der Waals surface area contributed by atoms with Crippen molar-refractivity contribution >= 4 is 11.9 Å². The van der Waals surface area contributed by atoms with Crippen molar-refractivity contribution in [1.29, 1.82) is 0 Å². The van der Waals surface area contributed by atoms with E-state index in [4.69, 9.17) is 9.47 Å². The topological polar surface area (TPSA) is 52.6 Å². The zero-order valence-corrected chi connectivity index (χ0v) is 10.7. The molecule has 1 aliphatic rings. The number of rotatable bonds is 3.